The summed E-state index contributed by atoms with van der Waals surface area (Å²) >= 11 is 7.02. The van der Waals surface area contributed by atoms with Crippen LogP contribution in [0.3, 0.4) is 0 Å². The Labute approximate surface area is 147 Å². The van der Waals surface area contributed by atoms with E-state index in [1.165, 1.54) is 11.8 Å². The highest BCUT2D eigenvalue weighted by molar-refractivity contribution is 7.99. The van der Waals surface area contributed by atoms with E-state index < -0.39 is 0 Å². The quantitative estimate of drug-likeness (QED) is 0.674. The molecule has 0 radical (unpaired) electrons. The van der Waals surface area contributed by atoms with Crippen LogP contribution in [0.2, 0.25) is 5.02 Å². The number of rotatable bonds is 5. The second kappa shape index (κ2) is 7.06. The van der Waals surface area contributed by atoms with Crippen LogP contribution in [0.25, 0.3) is 11.5 Å². The molecule has 2 N–H and O–H groups in total. The number of aromatic nitrogens is 4. The maximum Gasteiger partial charge on any atom is 0.277 e. The Morgan fingerprint density at radius 1 is 1.29 bits per heavy atom. The van der Waals surface area contributed by atoms with Crippen molar-refractivity contribution in [1.29, 1.82) is 0 Å². The number of carbonyl (C=O) groups is 1. The van der Waals surface area contributed by atoms with Crippen LogP contribution in [0, 0.1) is 13.8 Å². The van der Waals surface area contributed by atoms with Gasteiger partial charge in [-0.05, 0) is 38.1 Å². The van der Waals surface area contributed by atoms with E-state index in [0.29, 0.717) is 21.8 Å². The van der Waals surface area contributed by atoms with Gasteiger partial charge < -0.3 is 9.73 Å². The van der Waals surface area contributed by atoms with Gasteiger partial charge in [-0.15, -0.1) is 10.2 Å². The lowest BCUT2D eigenvalue weighted by atomic mass is 10.2. The van der Waals surface area contributed by atoms with Gasteiger partial charge in [0.25, 0.3) is 5.22 Å². The van der Waals surface area contributed by atoms with Gasteiger partial charge in [0.15, 0.2) is 0 Å². The van der Waals surface area contributed by atoms with Crippen molar-refractivity contribution in [3.63, 3.8) is 0 Å². The molecule has 0 fully saturated rings. The van der Waals surface area contributed by atoms with Crippen molar-refractivity contribution in [2.45, 2.75) is 19.1 Å². The van der Waals surface area contributed by atoms with Gasteiger partial charge in [0.1, 0.15) is 0 Å². The molecule has 0 saturated heterocycles. The second-order valence-electron chi connectivity index (χ2n) is 5.03. The summed E-state index contributed by atoms with van der Waals surface area (Å²) in [7, 11) is 0. The number of nitrogens with zero attached hydrogens (tertiary/aromatic N) is 3. The molecule has 1 amide bonds. The maximum atomic E-state index is 12.0. The topological polar surface area (TPSA) is 96.7 Å². The molecular formula is C15H14ClN5O2S. The average molecular weight is 364 g/mol. The summed E-state index contributed by atoms with van der Waals surface area (Å²) in [6, 6.07) is 7.08. The third-order valence-electron chi connectivity index (χ3n) is 3.22. The Morgan fingerprint density at radius 2 is 2.04 bits per heavy atom. The SMILES string of the molecule is Cc1n[nH]c(C)c1NC(=O)CSc1nnc(-c2ccc(Cl)cc2)o1. The van der Waals surface area contributed by atoms with Crippen molar-refractivity contribution < 1.29 is 9.21 Å². The third kappa shape index (κ3) is 3.77. The van der Waals surface area contributed by atoms with E-state index in [0.717, 1.165) is 17.0 Å². The van der Waals surface area contributed by atoms with Gasteiger partial charge in [-0.1, -0.05) is 23.4 Å². The Kier molecular flexibility index (Phi) is 4.86. The van der Waals surface area contributed by atoms with E-state index in [1.54, 1.807) is 24.3 Å². The molecule has 0 aliphatic rings. The average Bonchev–Trinajstić information content (AvgIpc) is 3.16. The Balaban J connectivity index is 1.59. The highest BCUT2D eigenvalue weighted by Gasteiger charge is 2.13. The molecule has 0 spiro atoms. The molecule has 0 aliphatic heterocycles. The lowest BCUT2D eigenvalue weighted by Crippen LogP contribution is -2.15. The van der Waals surface area contributed by atoms with Crippen LogP contribution < -0.4 is 5.32 Å². The molecule has 1 aromatic carbocycles. The van der Waals surface area contributed by atoms with E-state index in [-0.39, 0.29) is 11.7 Å². The summed E-state index contributed by atoms with van der Waals surface area (Å²) in [5.41, 5.74) is 3.03. The third-order valence-corrected chi connectivity index (χ3v) is 4.29. The molecule has 3 rings (SSSR count). The summed E-state index contributed by atoms with van der Waals surface area (Å²) in [5, 5.41) is 18.5. The summed E-state index contributed by atoms with van der Waals surface area (Å²) in [6.45, 7) is 3.67. The molecule has 124 valence electrons. The van der Waals surface area contributed by atoms with Gasteiger partial charge >= 0.3 is 0 Å². The number of aryl methyl sites for hydroxylation is 2. The fourth-order valence-corrected chi connectivity index (χ4v) is 2.70. The Bertz CT molecular complexity index is 840. The Morgan fingerprint density at radius 3 is 2.71 bits per heavy atom. The first-order chi connectivity index (χ1) is 11.5. The fraction of sp³-hybridized carbons (Fsp3) is 0.200. The van der Waals surface area contributed by atoms with E-state index in [4.69, 9.17) is 16.0 Å². The first-order valence-corrected chi connectivity index (χ1v) is 8.43. The molecule has 24 heavy (non-hydrogen) atoms. The Hall–Kier alpha value is -2.32. The number of aromatic amines is 1. The minimum Gasteiger partial charge on any atom is -0.411 e. The predicted octanol–water partition coefficient (Wildman–Crippen LogP) is 3.46. The molecule has 0 aliphatic carbocycles. The van der Waals surface area contributed by atoms with Gasteiger partial charge in [-0.25, -0.2) is 0 Å². The molecule has 0 bridgehead atoms. The molecule has 0 unspecified atom stereocenters. The van der Waals surface area contributed by atoms with Crippen LogP contribution in [0.15, 0.2) is 33.9 Å². The van der Waals surface area contributed by atoms with E-state index >= 15 is 0 Å². The number of halogens is 1. The van der Waals surface area contributed by atoms with Crippen LogP contribution in [0.4, 0.5) is 5.69 Å². The van der Waals surface area contributed by atoms with Crippen LogP contribution in [0.1, 0.15) is 11.4 Å². The van der Waals surface area contributed by atoms with E-state index in [1.807, 2.05) is 13.8 Å². The molecule has 2 aromatic heterocycles. The van der Waals surface area contributed by atoms with Gasteiger partial charge in [0, 0.05) is 10.6 Å². The van der Waals surface area contributed by atoms with Crippen LogP contribution in [-0.4, -0.2) is 32.1 Å². The molecule has 3 aromatic rings. The minimum atomic E-state index is -0.168. The van der Waals surface area contributed by atoms with E-state index in [9.17, 15) is 4.79 Å². The number of hydrogen-bond acceptors (Lipinski definition) is 6. The highest BCUT2D eigenvalue weighted by Crippen LogP contribution is 2.24. The normalized spacial score (nSPS) is 10.8. The molecule has 9 heteroatoms. The van der Waals surface area contributed by atoms with Crippen LogP contribution in [0.5, 0.6) is 0 Å². The highest BCUT2D eigenvalue weighted by atomic mass is 35.5. The number of carbonyl (C=O) groups excluding carboxylic acids is 1. The van der Waals surface area contributed by atoms with Gasteiger partial charge in [0.05, 0.1) is 22.8 Å². The number of anilines is 1. The fourth-order valence-electron chi connectivity index (χ4n) is 2.02. The summed E-state index contributed by atoms with van der Waals surface area (Å²) in [6.07, 6.45) is 0. The first-order valence-electron chi connectivity index (χ1n) is 7.06. The predicted molar refractivity (Wildman–Crippen MR) is 92.2 cm³/mol. The molecule has 0 atom stereocenters. The number of H-pyrrole nitrogens is 1. The smallest absolute Gasteiger partial charge is 0.277 e. The monoisotopic (exact) mass is 363 g/mol. The molecule has 7 nitrogen and oxygen atoms in total. The van der Waals surface area contributed by atoms with Gasteiger partial charge in [-0.3, -0.25) is 9.89 Å². The van der Waals surface area contributed by atoms with E-state index in [2.05, 4.69) is 25.7 Å². The standard InChI is InChI=1S/C15H14ClN5O2S/c1-8-13(9(2)19-18-8)17-12(22)7-24-15-21-20-14(23-15)10-3-5-11(16)6-4-10/h3-6H,7H2,1-2H3,(H,17,22)(H,18,19). The van der Waals surface area contributed by atoms with Crippen molar-refractivity contribution in [3.05, 3.63) is 40.7 Å². The zero-order valence-corrected chi connectivity index (χ0v) is 14.5. The summed E-state index contributed by atoms with van der Waals surface area (Å²) in [5.74, 6) is 0.377. The molecule has 0 saturated carbocycles. The summed E-state index contributed by atoms with van der Waals surface area (Å²) < 4.78 is 5.54. The molecule has 2 heterocycles. The molecular weight excluding hydrogens is 350 g/mol. The van der Waals surface area contributed by atoms with Crippen molar-refractivity contribution >= 4 is 35.0 Å². The number of thioether (sulfide) groups is 1. The maximum absolute atomic E-state index is 12.0. The van der Waals surface area contributed by atoms with Crippen molar-refractivity contribution in [2.75, 3.05) is 11.1 Å². The van der Waals surface area contributed by atoms with Crippen molar-refractivity contribution in [1.82, 2.24) is 20.4 Å². The lowest BCUT2D eigenvalue weighted by Gasteiger charge is -2.03. The van der Waals surface area contributed by atoms with Crippen molar-refractivity contribution in [3.8, 4) is 11.5 Å². The minimum absolute atomic E-state index is 0.159. The van der Waals surface area contributed by atoms with Crippen molar-refractivity contribution in [2.24, 2.45) is 0 Å². The van der Waals surface area contributed by atoms with Crippen LogP contribution in [-0.2, 0) is 4.79 Å². The first kappa shape index (κ1) is 16.5. The summed E-state index contributed by atoms with van der Waals surface area (Å²) in [4.78, 5) is 12.0. The number of nitrogens with one attached hydrogen (secondary N) is 2. The number of hydrogen-bond donors (Lipinski definition) is 2. The zero-order chi connectivity index (χ0) is 17.1. The lowest BCUT2D eigenvalue weighted by molar-refractivity contribution is -0.113. The van der Waals surface area contributed by atoms with Crippen LogP contribution >= 0.6 is 23.4 Å². The number of amides is 1. The number of benzene rings is 1. The zero-order valence-electron chi connectivity index (χ0n) is 13.0. The largest absolute Gasteiger partial charge is 0.411 e. The van der Waals surface area contributed by atoms with Gasteiger partial charge in [-0.2, -0.15) is 5.10 Å². The van der Waals surface area contributed by atoms with Gasteiger partial charge in [0.2, 0.25) is 11.8 Å². The second-order valence-corrected chi connectivity index (χ2v) is 6.39.